The summed E-state index contributed by atoms with van der Waals surface area (Å²) in [4.78, 5) is 50.5. The van der Waals surface area contributed by atoms with Crippen LogP contribution < -0.4 is 20.4 Å². The molecule has 3 amide bonds. The number of ether oxygens (including phenoxy) is 1. The van der Waals surface area contributed by atoms with Gasteiger partial charge < -0.3 is 25.2 Å². The number of nitrogens with one attached hydrogen (secondary N) is 2. The van der Waals surface area contributed by atoms with Crippen LogP contribution in [0.1, 0.15) is 79.0 Å². The largest absolute Gasteiger partial charge is 0.381 e. The molecule has 0 atom stereocenters. The van der Waals surface area contributed by atoms with E-state index in [1.807, 2.05) is 67.4 Å². The summed E-state index contributed by atoms with van der Waals surface area (Å²) < 4.78 is 5.57. The number of anilines is 3. The highest BCUT2D eigenvalue weighted by Gasteiger charge is 2.45. The number of hydrogen-bond donors (Lipinski definition) is 2. The maximum Gasteiger partial charge on any atom is 0.261 e. The minimum atomic E-state index is -0.224. The molecule has 2 aromatic carbocycles. The van der Waals surface area contributed by atoms with Crippen molar-refractivity contribution in [2.24, 2.45) is 5.41 Å². The number of aromatic nitrogens is 1. The third-order valence-electron chi connectivity index (χ3n) is 9.63. The van der Waals surface area contributed by atoms with E-state index in [-0.39, 0.29) is 23.1 Å². The van der Waals surface area contributed by atoms with Crippen molar-refractivity contribution in [3.05, 3.63) is 105 Å². The van der Waals surface area contributed by atoms with Crippen molar-refractivity contribution in [3.8, 4) is 0 Å². The second-order valence-corrected chi connectivity index (χ2v) is 14.3. The SMILES string of the molecule is CCCNC(=O)c1ccc(C2=Cc3ccccc3N(C(=O)c3ccc(NC(=O)c4cc(C)cnc4N4CC5(CCOCC5)C4)cc3)CC2)s1. The molecule has 0 radical (unpaired) electrons. The van der Waals surface area contributed by atoms with Crippen molar-refractivity contribution in [1.82, 2.24) is 10.3 Å². The molecule has 0 aliphatic carbocycles. The van der Waals surface area contributed by atoms with Gasteiger partial charge in [-0.05, 0) is 104 Å². The Kier molecular flexibility index (Phi) is 9.33. The highest BCUT2D eigenvalue weighted by molar-refractivity contribution is 7.15. The quantitative estimate of drug-likeness (QED) is 0.208. The number of nitrogens with zero attached hydrogens (tertiary/aromatic N) is 3. The predicted octanol–water partition coefficient (Wildman–Crippen LogP) is 7.05. The Bertz CT molecular complexity index is 1900. The van der Waals surface area contributed by atoms with Gasteiger partial charge in [-0.25, -0.2) is 4.98 Å². The van der Waals surface area contributed by atoms with E-state index in [0.29, 0.717) is 47.0 Å². The van der Waals surface area contributed by atoms with Crippen LogP contribution in [-0.4, -0.2) is 62.1 Å². The highest BCUT2D eigenvalue weighted by atomic mass is 32.1. The van der Waals surface area contributed by atoms with Gasteiger partial charge in [0.15, 0.2) is 0 Å². The molecule has 0 saturated carbocycles. The molecule has 9 nitrogen and oxygen atoms in total. The van der Waals surface area contributed by atoms with E-state index in [2.05, 4.69) is 26.6 Å². The Labute approximate surface area is 291 Å². The lowest BCUT2D eigenvalue weighted by molar-refractivity contribution is -0.000511. The van der Waals surface area contributed by atoms with E-state index >= 15 is 0 Å². The van der Waals surface area contributed by atoms with Crippen molar-refractivity contribution < 1.29 is 19.1 Å². The Balaban J connectivity index is 1.04. The number of fused-ring (bicyclic) bond motifs is 1. The highest BCUT2D eigenvalue weighted by Crippen LogP contribution is 2.42. The normalized spacial score (nSPS) is 16.7. The molecule has 49 heavy (non-hydrogen) atoms. The van der Waals surface area contributed by atoms with Crippen LogP contribution in [0.3, 0.4) is 0 Å². The van der Waals surface area contributed by atoms with Crippen molar-refractivity contribution in [3.63, 3.8) is 0 Å². The Hall–Kier alpha value is -4.80. The number of pyridine rings is 1. The Morgan fingerprint density at radius 3 is 2.53 bits per heavy atom. The second kappa shape index (κ2) is 14.0. The third kappa shape index (κ3) is 6.89. The summed E-state index contributed by atoms with van der Waals surface area (Å²) in [5.74, 6) is 0.312. The number of benzene rings is 2. The van der Waals surface area contributed by atoms with Gasteiger partial charge >= 0.3 is 0 Å². The molecule has 3 aliphatic heterocycles. The number of amides is 3. The summed E-state index contributed by atoms with van der Waals surface area (Å²) >= 11 is 1.48. The lowest BCUT2D eigenvalue weighted by Gasteiger charge is -2.53. The van der Waals surface area contributed by atoms with E-state index in [0.717, 1.165) is 72.8 Å². The van der Waals surface area contributed by atoms with E-state index in [1.54, 1.807) is 24.3 Å². The molecule has 7 rings (SSSR count). The minimum Gasteiger partial charge on any atom is -0.381 e. The van der Waals surface area contributed by atoms with Gasteiger partial charge in [-0.15, -0.1) is 11.3 Å². The van der Waals surface area contributed by atoms with Crippen molar-refractivity contribution in [1.29, 1.82) is 0 Å². The molecule has 10 heteroatoms. The van der Waals surface area contributed by atoms with Gasteiger partial charge in [0.05, 0.1) is 16.1 Å². The van der Waals surface area contributed by atoms with Gasteiger partial charge in [0.2, 0.25) is 0 Å². The van der Waals surface area contributed by atoms with E-state index in [4.69, 9.17) is 4.74 Å². The van der Waals surface area contributed by atoms with E-state index < -0.39 is 0 Å². The molecule has 3 aliphatic rings. The standard InChI is InChI=1S/C39H41N5O4S/c1-3-17-40-37(46)34-13-12-33(49-34)29-14-18-44(32-7-5-4-6-28(32)22-29)38(47)27-8-10-30(11-9-27)42-36(45)31-21-26(2)23-41-35(31)43-24-39(25-43)15-19-48-20-16-39/h4-13,21-23H,3,14-20,24-25H2,1-2H3,(H,40,46)(H,42,45). The minimum absolute atomic E-state index is 0.0558. The molecule has 4 aromatic rings. The van der Waals surface area contributed by atoms with E-state index in [1.165, 1.54) is 11.3 Å². The van der Waals surface area contributed by atoms with Gasteiger partial charge in [0, 0.05) is 67.1 Å². The second-order valence-electron chi connectivity index (χ2n) is 13.2. The summed E-state index contributed by atoms with van der Waals surface area (Å²) in [6.45, 7) is 8.45. The topological polar surface area (TPSA) is 104 Å². The lowest BCUT2D eigenvalue weighted by atomic mass is 9.73. The van der Waals surface area contributed by atoms with Crippen LogP contribution in [0.5, 0.6) is 0 Å². The van der Waals surface area contributed by atoms with Crippen LogP contribution in [0.15, 0.2) is 72.9 Å². The van der Waals surface area contributed by atoms with Gasteiger partial charge in [0.1, 0.15) is 5.82 Å². The van der Waals surface area contributed by atoms with Crippen molar-refractivity contribution in [2.75, 3.05) is 54.5 Å². The van der Waals surface area contributed by atoms with Gasteiger partial charge in [-0.2, -0.15) is 0 Å². The number of aryl methyl sites for hydroxylation is 1. The van der Waals surface area contributed by atoms with Crippen molar-refractivity contribution >= 4 is 57.9 Å². The van der Waals surface area contributed by atoms with Crippen LogP contribution in [0, 0.1) is 12.3 Å². The van der Waals surface area contributed by atoms with E-state index in [9.17, 15) is 14.4 Å². The van der Waals surface area contributed by atoms with Gasteiger partial charge in [0.25, 0.3) is 17.7 Å². The average Bonchev–Trinajstić information content (AvgIpc) is 3.52. The molecule has 252 valence electrons. The first-order chi connectivity index (χ1) is 23.8. The summed E-state index contributed by atoms with van der Waals surface area (Å²) in [6, 6.07) is 20.7. The van der Waals surface area contributed by atoms with Gasteiger partial charge in [-0.3, -0.25) is 14.4 Å². The zero-order valence-corrected chi connectivity index (χ0v) is 28.8. The molecule has 2 saturated heterocycles. The van der Waals surface area contributed by atoms with Crippen molar-refractivity contribution in [2.45, 2.75) is 39.5 Å². The summed E-state index contributed by atoms with van der Waals surface area (Å²) in [7, 11) is 0. The molecule has 5 heterocycles. The van der Waals surface area contributed by atoms with Crippen LogP contribution >= 0.6 is 11.3 Å². The smallest absolute Gasteiger partial charge is 0.261 e. The zero-order chi connectivity index (χ0) is 34.0. The Morgan fingerprint density at radius 2 is 1.76 bits per heavy atom. The summed E-state index contributed by atoms with van der Waals surface area (Å²) in [5, 5.41) is 5.98. The van der Waals surface area contributed by atoms with Gasteiger partial charge in [-0.1, -0.05) is 25.1 Å². The number of carbonyl (C=O) groups excluding carboxylic acids is 3. The molecule has 0 unspecified atom stereocenters. The molecular weight excluding hydrogens is 635 g/mol. The summed E-state index contributed by atoms with van der Waals surface area (Å²) in [5.41, 5.74) is 5.74. The maximum absolute atomic E-state index is 14.0. The molecule has 0 bridgehead atoms. The van der Waals surface area contributed by atoms with Crippen LogP contribution in [0.4, 0.5) is 17.2 Å². The number of para-hydroxylation sites is 1. The Morgan fingerprint density at radius 1 is 0.980 bits per heavy atom. The number of rotatable bonds is 8. The molecular formula is C39H41N5O4S. The average molecular weight is 676 g/mol. The van der Waals surface area contributed by atoms with Crippen LogP contribution in [-0.2, 0) is 4.74 Å². The third-order valence-corrected chi connectivity index (χ3v) is 10.8. The zero-order valence-electron chi connectivity index (χ0n) is 28.0. The lowest BCUT2D eigenvalue weighted by Crippen LogP contribution is -2.59. The number of thiophene rings is 1. The molecule has 1 spiro atoms. The van der Waals surface area contributed by atoms with Crippen LogP contribution in [0.2, 0.25) is 0 Å². The molecule has 2 aromatic heterocycles. The fourth-order valence-corrected chi connectivity index (χ4v) is 7.86. The first-order valence-electron chi connectivity index (χ1n) is 17.0. The fraction of sp³-hybridized carbons (Fsp3) is 0.333. The number of carbonyl (C=O) groups is 3. The molecule has 2 N–H and O–H groups in total. The predicted molar refractivity (Wildman–Crippen MR) is 196 cm³/mol. The molecule has 2 fully saturated rings. The summed E-state index contributed by atoms with van der Waals surface area (Å²) in [6.07, 6.45) is 7.54. The monoisotopic (exact) mass is 675 g/mol. The maximum atomic E-state index is 14.0. The van der Waals surface area contributed by atoms with Crippen LogP contribution in [0.25, 0.3) is 11.6 Å². The first kappa shape index (κ1) is 32.7. The fourth-order valence-electron chi connectivity index (χ4n) is 6.90. The number of hydrogen-bond acceptors (Lipinski definition) is 7. The first-order valence-corrected chi connectivity index (χ1v) is 17.8.